The van der Waals surface area contributed by atoms with Crippen LogP contribution in [-0.2, 0) is 14.3 Å². The topological polar surface area (TPSA) is 95.9 Å². The lowest BCUT2D eigenvalue weighted by atomic mass is 10.0. The van der Waals surface area contributed by atoms with Crippen molar-refractivity contribution in [3.05, 3.63) is 24.3 Å². The van der Waals surface area contributed by atoms with Crippen LogP contribution in [0.1, 0.15) is 258 Å². The minimum Gasteiger partial charge on any atom is -0.462 e. The number of amides is 1. The zero-order chi connectivity index (χ0) is 41.0. The van der Waals surface area contributed by atoms with E-state index in [-0.39, 0.29) is 24.9 Å². The summed E-state index contributed by atoms with van der Waals surface area (Å²) in [4.78, 5) is 26.0. The van der Waals surface area contributed by atoms with Gasteiger partial charge in [0.05, 0.1) is 25.2 Å². The summed E-state index contributed by atoms with van der Waals surface area (Å²) in [6.07, 6.45) is 49.6. The number of rotatable bonds is 44. The number of hydrogen-bond donors (Lipinski definition) is 3. The molecule has 0 aromatic carbocycles. The summed E-state index contributed by atoms with van der Waals surface area (Å²) in [7, 11) is 0. The van der Waals surface area contributed by atoms with Crippen molar-refractivity contribution in [3.8, 4) is 0 Å². The lowest BCUT2D eigenvalue weighted by molar-refractivity contribution is -0.151. The summed E-state index contributed by atoms with van der Waals surface area (Å²) in [5, 5.41) is 23.6. The van der Waals surface area contributed by atoms with E-state index in [0.29, 0.717) is 19.3 Å². The summed E-state index contributed by atoms with van der Waals surface area (Å²) >= 11 is 0. The maximum absolute atomic E-state index is 13.1. The van der Waals surface area contributed by atoms with Crippen LogP contribution in [0.2, 0.25) is 0 Å². The summed E-state index contributed by atoms with van der Waals surface area (Å²) in [6.45, 7) is 6.44. The van der Waals surface area contributed by atoms with Crippen LogP contribution in [0.5, 0.6) is 0 Å². The van der Waals surface area contributed by atoms with Crippen molar-refractivity contribution in [1.29, 1.82) is 0 Å². The molecule has 56 heavy (non-hydrogen) atoms. The average molecular weight is 790 g/mol. The first kappa shape index (κ1) is 54.3. The number of nitrogens with one attached hydrogen (secondary N) is 1. The molecular formula is C50H95NO5. The van der Waals surface area contributed by atoms with Gasteiger partial charge in [0.2, 0.25) is 5.91 Å². The molecule has 0 aliphatic carbocycles. The molecule has 0 aromatic heterocycles. The zero-order valence-electron chi connectivity index (χ0n) is 37.5. The summed E-state index contributed by atoms with van der Waals surface area (Å²) < 4.78 is 5.90. The number of aliphatic hydroxyl groups is 2. The molecule has 0 aromatic rings. The fraction of sp³-hybridized carbons (Fsp3) is 0.880. The van der Waals surface area contributed by atoms with Gasteiger partial charge in [-0.1, -0.05) is 199 Å². The molecular weight excluding hydrogens is 695 g/mol. The average Bonchev–Trinajstić information content (AvgIpc) is 3.19. The standard InChI is InChI=1S/C50H95NO5/c1-4-7-10-13-16-19-21-22-23-24-25-26-28-31-34-37-40-43-50(55)56-46(41-38-35-32-30-27-20-17-14-11-8-5-2)44-49(54)51-47(45-52)48(53)42-39-36-33-29-18-15-12-9-6-3/h22-23,30,32,46-48,52-53H,4-21,24-29,31,33-45H2,1-3H3,(H,51,54)/b23-22+,32-30-. The van der Waals surface area contributed by atoms with E-state index >= 15 is 0 Å². The molecule has 3 N–H and O–H groups in total. The van der Waals surface area contributed by atoms with E-state index in [4.69, 9.17) is 4.74 Å². The van der Waals surface area contributed by atoms with E-state index < -0.39 is 18.2 Å². The second-order valence-corrected chi connectivity index (χ2v) is 16.9. The van der Waals surface area contributed by atoms with Gasteiger partial charge in [-0.15, -0.1) is 0 Å². The molecule has 6 nitrogen and oxygen atoms in total. The van der Waals surface area contributed by atoms with E-state index in [9.17, 15) is 19.8 Å². The van der Waals surface area contributed by atoms with Gasteiger partial charge in [-0.2, -0.15) is 0 Å². The first-order chi connectivity index (χ1) is 27.5. The van der Waals surface area contributed by atoms with Crippen molar-refractivity contribution >= 4 is 11.9 Å². The Morgan fingerprint density at radius 3 is 1.30 bits per heavy atom. The zero-order valence-corrected chi connectivity index (χ0v) is 37.5. The number of carbonyl (C=O) groups excluding carboxylic acids is 2. The van der Waals surface area contributed by atoms with Crippen molar-refractivity contribution in [2.75, 3.05) is 6.61 Å². The second kappa shape index (κ2) is 44.4. The van der Waals surface area contributed by atoms with Crippen LogP contribution >= 0.6 is 0 Å². The van der Waals surface area contributed by atoms with Gasteiger partial charge in [0.1, 0.15) is 6.10 Å². The molecule has 0 rings (SSSR count). The third-order valence-electron chi connectivity index (χ3n) is 11.3. The smallest absolute Gasteiger partial charge is 0.306 e. The highest BCUT2D eigenvalue weighted by Gasteiger charge is 2.24. The Labute approximate surface area is 348 Å². The molecule has 0 spiro atoms. The molecule has 0 bridgehead atoms. The Morgan fingerprint density at radius 2 is 0.875 bits per heavy atom. The lowest BCUT2D eigenvalue weighted by Crippen LogP contribution is -2.46. The molecule has 1 amide bonds. The van der Waals surface area contributed by atoms with Gasteiger partial charge in [-0.05, 0) is 70.6 Å². The third-order valence-corrected chi connectivity index (χ3v) is 11.3. The van der Waals surface area contributed by atoms with Crippen molar-refractivity contribution in [2.45, 2.75) is 277 Å². The molecule has 0 saturated carbocycles. The molecule has 330 valence electrons. The Kier molecular flexibility index (Phi) is 43.1. The lowest BCUT2D eigenvalue weighted by Gasteiger charge is -2.24. The first-order valence-electron chi connectivity index (χ1n) is 24.6. The molecule has 0 radical (unpaired) electrons. The van der Waals surface area contributed by atoms with E-state index in [1.54, 1.807) is 0 Å². The van der Waals surface area contributed by atoms with Crippen molar-refractivity contribution < 1.29 is 24.5 Å². The number of allylic oxidation sites excluding steroid dienone is 4. The number of unbranched alkanes of at least 4 members (excludes halogenated alkanes) is 28. The van der Waals surface area contributed by atoms with Crippen molar-refractivity contribution in [1.82, 2.24) is 5.32 Å². The molecule has 0 aliphatic rings. The number of esters is 1. The first-order valence-corrected chi connectivity index (χ1v) is 24.6. The van der Waals surface area contributed by atoms with Crippen LogP contribution in [0.25, 0.3) is 0 Å². The van der Waals surface area contributed by atoms with Crippen LogP contribution in [0.15, 0.2) is 24.3 Å². The summed E-state index contributed by atoms with van der Waals surface area (Å²) in [5.41, 5.74) is 0. The van der Waals surface area contributed by atoms with Crippen molar-refractivity contribution in [2.24, 2.45) is 0 Å². The van der Waals surface area contributed by atoms with Crippen LogP contribution in [0, 0.1) is 0 Å². The van der Waals surface area contributed by atoms with Crippen LogP contribution in [0.4, 0.5) is 0 Å². The van der Waals surface area contributed by atoms with E-state index in [1.807, 2.05) is 0 Å². The molecule has 0 aliphatic heterocycles. The Balaban J connectivity index is 4.53. The Bertz CT molecular complexity index is 889. The molecule has 3 unspecified atom stereocenters. The third kappa shape index (κ3) is 39.2. The number of aliphatic hydroxyl groups excluding tert-OH is 2. The van der Waals surface area contributed by atoms with Gasteiger partial charge < -0.3 is 20.3 Å². The van der Waals surface area contributed by atoms with Gasteiger partial charge in [0, 0.05) is 6.42 Å². The van der Waals surface area contributed by atoms with E-state index in [2.05, 4.69) is 50.4 Å². The molecule has 0 heterocycles. The predicted octanol–water partition coefficient (Wildman–Crippen LogP) is 14.3. The molecule has 3 atom stereocenters. The predicted molar refractivity (Wildman–Crippen MR) is 241 cm³/mol. The normalized spacial score (nSPS) is 13.4. The molecule has 6 heteroatoms. The minimum absolute atomic E-state index is 0.0582. The van der Waals surface area contributed by atoms with Crippen LogP contribution in [0.3, 0.4) is 0 Å². The fourth-order valence-corrected chi connectivity index (χ4v) is 7.48. The monoisotopic (exact) mass is 790 g/mol. The van der Waals surface area contributed by atoms with Gasteiger partial charge in [0.25, 0.3) is 0 Å². The van der Waals surface area contributed by atoms with Gasteiger partial charge in [-0.3, -0.25) is 9.59 Å². The number of ether oxygens (including phenoxy) is 1. The van der Waals surface area contributed by atoms with E-state index in [1.165, 1.54) is 154 Å². The minimum atomic E-state index is -0.789. The molecule has 0 fully saturated rings. The number of carbonyl (C=O) groups is 2. The quantitative estimate of drug-likeness (QED) is 0.0324. The van der Waals surface area contributed by atoms with E-state index in [0.717, 1.165) is 57.8 Å². The fourth-order valence-electron chi connectivity index (χ4n) is 7.48. The summed E-state index contributed by atoms with van der Waals surface area (Å²) in [5.74, 6) is -0.502. The van der Waals surface area contributed by atoms with Crippen LogP contribution in [-0.4, -0.2) is 46.9 Å². The maximum atomic E-state index is 13.1. The SMILES string of the molecule is CCCCCCCC/C=C\CCCC(CC(=O)NC(CO)C(O)CCCCCCCCCCC)OC(=O)CCCCCCCCC/C=C/CCCCCCCC. The number of hydrogen-bond acceptors (Lipinski definition) is 5. The maximum Gasteiger partial charge on any atom is 0.306 e. The van der Waals surface area contributed by atoms with Gasteiger partial charge >= 0.3 is 5.97 Å². The summed E-state index contributed by atoms with van der Waals surface area (Å²) in [6, 6.07) is -0.704. The Hall–Kier alpha value is -1.66. The van der Waals surface area contributed by atoms with Gasteiger partial charge in [0.15, 0.2) is 0 Å². The van der Waals surface area contributed by atoms with Crippen LogP contribution < -0.4 is 5.32 Å². The molecule has 0 saturated heterocycles. The highest BCUT2D eigenvalue weighted by Crippen LogP contribution is 2.17. The second-order valence-electron chi connectivity index (χ2n) is 16.9. The Morgan fingerprint density at radius 1 is 0.500 bits per heavy atom. The van der Waals surface area contributed by atoms with Gasteiger partial charge in [-0.25, -0.2) is 0 Å². The highest BCUT2D eigenvalue weighted by molar-refractivity contribution is 5.77. The highest BCUT2D eigenvalue weighted by atomic mass is 16.5. The largest absolute Gasteiger partial charge is 0.462 e. The van der Waals surface area contributed by atoms with Crippen molar-refractivity contribution in [3.63, 3.8) is 0 Å².